The fourth-order valence-corrected chi connectivity index (χ4v) is 2.31. The summed E-state index contributed by atoms with van der Waals surface area (Å²) in [5.74, 6) is 2.01. The Morgan fingerprint density at radius 1 is 1.25 bits per heavy atom. The van der Waals surface area contributed by atoms with Crippen molar-refractivity contribution in [3.63, 3.8) is 0 Å². The first-order valence-electron chi connectivity index (χ1n) is 6.35. The number of piperidine rings is 1. The normalized spacial score (nSPS) is 17.9. The van der Waals surface area contributed by atoms with E-state index < -0.39 is 0 Å². The molecule has 5 nitrogen and oxygen atoms in total. The Morgan fingerprint density at radius 2 is 2.05 bits per heavy atom. The standard InChI is InChI=1S/C13H16N4O.2ClH/c1-2-10(9-15-5-1)8-12-16-13(18-17-12)11-3-6-14-7-4-11;;/h3-4,6-7,10,15H,1-2,5,8-9H2;2*1H. The molecule has 1 N–H and O–H groups in total. The monoisotopic (exact) mass is 316 g/mol. The Balaban J connectivity index is 0.000001000. The van der Waals surface area contributed by atoms with Gasteiger partial charge in [-0.25, -0.2) is 0 Å². The number of hydrogen-bond acceptors (Lipinski definition) is 5. The average molecular weight is 317 g/mol. The van der Waals surface area contributed by atoms with Crippen molar-refractivity contribution in [2.45, 2.75) is 19.3 Å². The fourth-order valence-electron chi connectivity index (χ4n) is 2.31. The van der Waals surface area contributed by atoms with E-state index in [2.05, 4.69) is 20.4 Å². The molecule has 3 heterocycles. The Bertz CT molecular complexity index is 500. The molecular weight excluding hydrogens is 299 g/mol. The molecule has 0 aromatic carbocycles. The Kier molecular flexibility index (Phi) is 6.91. The molecule has 1 saturated heterocycles. The Morgan fingerprint density at radius 3 is 2.75 bits per heavy atom. The van der Waals surface area contributed by atoms with Crippen LogP contribution >= 0.6 is 24.8 Å². The molecule has 0 amide bonds. The van der Waals surface area contributed by atoms with Crippen LogP contribution in [0.25, 0.3) is 11.5 Å². The summed E-state index contributed by atoms with van der Waals surface area (Å²) in [6.07, 6.45) is 6.82. The number of rotatable bonds is 3. The summed E-state index contributed by atoms with van der Waals surface area (Å²) >= 11 is 0. The molecule has 0 bridgehead atoms. The maximum Gasteiger partial charge on any atom is 0.258 e. The largest absolute Gasteiger partial charge is 0.334 e. The lowest BCUT2D eigenvalue weighted by Gasteiger charge is -2.20. The molecule has 2 aromatic rings. The van der Waals surface area contributed by atoms with Crippen molar-refractivity contribution in [3.05, 3.63) is 30.4 Å². The molecule has 0 spiro atoms. The van der Waals surface area contributed by atoms with Crippen molar-refractivity contribution in [1.82, 2.24) is 20.4 Å². The van der Waals surface area contributed by atoms with Crippen LogP contribution in [0, 0.1) is 5.92 Å². The quantitative estimate of drug-likeness (QED) is 0.942. The highest BCUT2D eigenvalue weighted by atomic mass is 35.5. The van der Waals surface area contributed by atoms with Crippen molar-refractivity contribution >= 4 is 24.8 Å². The summed E-state index contributed by atoms with van der Waals surface area (Å²) in [4.78, 5) is 8.41. The molecule has 0 aliphatic carbocycles. The number of nitrogens with one attached hydrogen (secondary N) is 1. The first kappa shape index (κ1) is 16.9. The zero-order chi connectivity index (χ0) is 12.2. The fraction of sp³-hybridized carbons (Fsp3) is 0.462. The summed E-state index contributed by atoms with van der Waals surface area (Å²) in [6, 6.07) is 3.75. The van der Waals surface area contributed by atoms with Gasteiger partial charge in [-0.1, -0.05) is 5.16 Å². The minimum absolute atomic E-state index is 0. The smallest absolute Gasteiger partial charge is 0.258 e. The summed E-state index contributed by atoms with van der Waals surface area (Å²) in [7, 11) is 0. The van der Waals surface area contributed by atoms with Crippen molar-refractivity contribution < 1.29 is 4.52 Å². The first-order valence-corrected chi connectivity index (χ1v) is 6.35. The third-order valence-electron chi connectivity index (χ3n) is 3.27. The first-order chi connectivity index (χ1) is 8.92. The van der Waals surface area contributed by atoms with Crippen molar-refractivity contribution in [2.75, 3.05) is 13.1 Å². The van der Waals surface area contributed by atoms with Gasteiger partial charge in [-0.15, -0.1) is 24.8 Å². The van der Waals surface area contributed by atoms with Gasteiger partial charge in [0, 0.05) is 24.4 Å². The predicted molar refractivity (Wildman–Crippen MR) is 81.3 cm³/mol. The van der Waals surface area contributed by atoms with Crippen LogP contribution in [0.3, 0.4) is 0 Å². The highest BCUT2D eigenvalue weighted by Crippen LogP contribution is 2.19. The number of halogens is 2. The molecule has 3 rings (SSSR count). The number of aromatic nitrogens is 3. The van der Waals surface area contributed by atoms with Gasteiger partial charge < -0.3 is 9.84 Å². The van der Waals surface area contributed by atoms with E-state index in [-0.39, 0.29) is 24.8 Å². The van der Waals surface area contributed by atoms with Gasteiger partial charge in [0.05, 0.1) is 0 Å². The third-order valence-corrected chi connectivity index (χ3v) is 3.27. The summed E-state index contributed by atoms with van der Waals surface area (Å²) < 4.78 is 5.28. The second-order valence-electron chi connectivity index (χ2n) is 4.67. The van der Waals surface area contributed by atoms with E-state index in [9.17, 15) is 0 Å². The van der Waals surface area contributed by atoms with Crippen LogP contribution in [0.1, 0.15) is 18.7 Å². The minimum Gasteiger partial charge on any atom is -0.334 e. The van der Waals surface area contributed by atoms with E-state index in [1.54, 1.807) is 12.4 Å². The predicted octanol–water partition coefficient (Wildman–Crippen LogP) is 2.52. The van der Waals surface area contributed by atoms with Gasteiger partial charge in [-0.2, -0.15) is 4.98 Å². The van der Waals surface area contributed by atoms with Crippen molar-refractivity contribution in [2.24, 2.45) is 5.92 Å². The molecule has 110 valence electrons. The van der Waals surface area contributed by atoms with Crippen LogP contribution in [-0.4, -0.2) is 28.2 Å². The highest BCUT2D eigenvalue weighted by Gasteiger charge is 2.17. The van der Waals surface area contributed by atoms with Crippen LogP contribution in [0.5, 0.6) is 0 Å². The molecular formula is C13H18Cl2N4O. The van der Waals surface area contributed by atoms with Gasteiger partial charge in [0.15, 0.2) is 5.82 Å². The van der Waals surface area contributed by atoms with Crippen molar-refractivity contribution in [3.8, 4) is 11.5 Å². The topological polar surface area (TPSA) is 63.8 Å². The van der Waals surface area contributed by atoms with Crippen LogP contribution in [0.2, 0.25) is 0 Å². The Hall–Kier alpha value is -1.17. The van der Waals surface area contributed by atoms with Crippen molar-refractivity contribution in [1.29, 1.82) is 0 Å². The highest BCUT2D eigenvalue weighted by molar-refractivity contribution is 5.85. The molecule has 2 aromatic heterocycles. The zero-order valence-corrected chi connectivity index (χ0v) is 12.6. The number of nitrogens with zero attached hydrogens (tertiary/aromatic N) is 3. The maximum absolute atomic E-state index is 5.28. The van der Waals surface area contributed by atoms with Gasteiger partial charge in [0.2, 0.25) is 0 Å². The zero-order valence-electron chi connectivity index (χ0n) is 11.0. The van der Waals surface area contributed by atoms with Crippen LogP contribution < -0.4 is 5.32 Å². The molecule has 20 heavy (non-hydrogen) atoms. The molecule has 1 aliphatic rings. The maximum atomic E-state index is 5.28. The van der Waals surface area contributed by atoms with E-state index in [0.29, 0.717) is 11.8 Å². The number of pyridine rings is 1. The lowest BCUT2D eigenvalue weighted by molar-refractivity contribution is 0.360. The summed E-state index contributed by atoms with van der Waals surface area (Å²) in [5.41, 5.74) is 0.922. The van der Waals surface area contributed by atoms with E-state index in [0.717, 1.165) is 30.9 Å². The second kappa shape index (κ2) is 8.19. The second-order valence-corrected chi connectivity index (χ2v) is 4.67. The van der Waals surface area contributed by atoms with Crippen LogP contribution in [0.4, 0.5) is 0 Å². The van der Waals surface area contributed by atoms with E-state index in [4.69, 9.17) is 4.52 Å². The lowest BCUT2D eigenvalue weighted by Crippen LogP contribution is -2.31. The lowest BCUT2D eigenvalue weighted by atomic mass is 9.96. The van der Waals surface area contributed by atoms with Gasteiger partial charge in [-0.3, -0.25) is 4.98 Å². The molecule has 0 radical (unpaired) electrons. The summed E-state index contributed by atoms with van der Waals surface area (Å²) in [5, 5.41) is 7.45. The van der Waals surface area contributed by atoms with E-state index in [1.807, 2.05) is 12.1 Å². The minimum atomic E-state index is 0. The number of hydrogen-bond donors (Lipinski definition) is 1. The molecule has 1 aliphatic heterocycles. The average Bonchev–Trinajstić information content (AvgIpc) is 2.89. The summed E-state index contributed by atoms with van der Waals surface area (Å²) in [6.45, 7) is 2.18. The molecule has 1 atom stereocenters. The van der Waals surface area contributed by atoms with Gasteiger partial charge >= 0.3 is 0 Å². The van der Waals surface area contributed by atoms with E-state index in [1.165, 1.54) is 12.8 Å². The molecule has 1 unspecified atom stereocenters. The SMILES string of the molecule is Cl.Cl.c1cc(-c2nc(CC3CCCNC3)no2)ccn1. The van der Waals surface area contributed by atoms with Gasteiger partial charge in [0.25, 0.3) is 5.89 Å². The van der Waals surface area contributed by atoms with Crippen LogP contribution in [0.15, 0.2) is 29.0 Å². The van der Waals surface area contributed by atoms with Gasteiger partial charge in [-0.05, 0) is 44.0 Å². The van der Waals surface area contributed by atoms with Gasteiger partial charge in [0.1, 0.15) is 0 Å². The molecule has 0 saturated carbocycles. The van der Waals surface area contributed by atoms with Crippen LogP contribution in [-0.2, 0) is 6.42 Å². The van der Waals surface area contributed by atoms with E-state index >= 15 is 0 Å². The molecule has 7 heteroatoms. The Labute approximate surface area is 130 Å². The molecule has 1 fully saturated rings. The third kappa shape index (κ3) is 4.16.